The van der Waals surface area contributed by atoms with Crippen LogP contribution in [0.5, 0.6) is 0 Å². The zero-order valence-corrected chi connectivity index (χ0v) is 19.1. The molecule has 0 rings (SSSR count). The number of nitrogens with two attached hydrogens (primary N) is 1. The summed E-state index contributed by atoms with van der Waals surface area (Å²) in [6.07, 6.45) is 0.125. The fourth-order valence-electron chi connectivity index (χ4n) is 2.60. The maximum atomic E-state index is 12.7. The van der Waals surface area contributed by atoms with Crippen molar-refractivity contribution in [2.75, 3.05) is 5.75 Å². The third-order valence-electron chi connectivity index (χ3n) is 4.85. The van der Waals surface area contributed by atoms with E-state index < -0.39 is 53.8 Å². The van der Waals surface area contributed by atoms with Gasteiger partial charge in [0.25, 0.3) is 0 Å². The number of hydrogen-bond acceptors (Lipinski definition) is 7. The van der Waals surface area contributed by atoms with Crippen LogP contribution in [0, 0.1) is 11.8 Å². The van der Waals surface area contributed by atoms with E-state index in [0.717, 1.165) is 0 Å². The van der Waals surface area contributed by atoms with Crippen LogP contribution in [0.25, 0.3) is 0 Å². The maximum absolute atomic E-state index is 12.7. The summed E-state index contributed by atoms with van der Waals surface area (Å²) in [5, 5.41) is 25.4. The van der Waals surface area contributed by atoms with E-state index in [4.69, 9.17) is 10.8 Å². The minimum atomic E-state index is -1.17. The molecule has 31 heavy (non-hydrogen) atoms. The number of hydrogen-bond donors (Lipinski definition) is 7. The van der Waals surface area contributed by atoms with Gasteiger partial charge in [0, 0.05) is 12.2 Å². The normalized spacial score (nSPS) is 15.8. The Morgan fingerprint density at radius 1 is 0.903 bits per heavy atom. The molecule has 0 aromatic heterocycles. The van der Waals surface area contributed by atoms with Gasteiger partial charge in [0.1, 0.15) is 18.1 Å². The van der Waals surface area contributed by atoms with Crippen molar-refractivity contribution in [1.82, 2.24) is 16.0 Å². The van der Waals surface area contributed by atoms with Gasteiger partial charge < -0.3 is 31.9 Å². The van der Waals surface area contributed by atoms with Gasteiger partial charge in [0.05, 0.1) is 6.04 Å². The lowest BCUT2D eigenvalue weighted by atomic mass is 9.97. The summed E-state index contributed by atoms with van der Waals surface area (Å²) in [6, 6.07) is -4.39. The van der Waals surface area contributed by atoms with Crippen LogP contribution < -0.4 is 21.7 Å². The average Bonchev–Trinajstić information content (AvgIpc) is 2.70. The molecular formula is C19H34N4O7S. The van der Waals surface area contributed by atoms with E-state index in [2.05, 4.69) is 28.6 Å². The van der Waals surface area contributed by atoms with Crippen molar-refractivity contribution in [3.8, 4) is 0 Å². The second-order valence-electron chi connectivity index (χ2n) is 7.72. The molecule has 0 fully saturated rings. The average molecular weight is 463 g/mol. The van der Waals surface area contributed by atoms with Gasteiger partial charge in [0.2, 0.25) is 17.7 Å². The Labute approximate surface area is 187 Å². The largest absolute Gasteiger partial charge is 0.481 e. The van der Waals surface area contributed by atoms with Crippen LogP contribution in [0.1, 0.15) is 47.0 Å². The van der Waals surface area contributed by atoms with Crippen molar-refractivity contribution >= 4 is 42.3 Å². The molecule has 11 nitrogen and oxygen atoms in total. The zero-order chi connectivity index (χ0) is 24.3. The molecule has 0 spiro atoms. The second-order valence-corrected chi connectivity index (χ2v) is 8.09. The predicted molar refractivity (Wildman–Crippen MR) is 116 cm³/mol. The summed E-state index contributed by atoms with van der Waals surface area (Å²) in [5.41, 5.74) is 5.64. The fraction of sp³-hybridized carbons (Fsp3) is 0.737. The predicted octanol–water partition coefficient (Wildman–Crippen LogP) is -0.651. The summed E-state index contributed by atoms with van der Waals surface area (Å²) < 4.78 is 0. The minimum absolute atomic E-state index is 0.0969. The minimum Gasteiger partial charge on any atom is -0.481 e. The molecule has 0 radical (unpaired) electrons. The Balaban J connectivity index is 5.18. The molecule has 7 N–H and O–H groups in total. The van der Waals surface area contributed by atoms with E-state index in [1.54, 1.807) is 27.7 Å². The summed E-state index contributed by atoms with van der Waals surface area (Å²) in [6.45, 7) is 6.86. The molecule has 0 saturated carbocycles. The van der Waals surface area contributed by atoms with Gasteiger partial charge in [0.15, 0.2) is 0 Å². The third-order valence-corrected chi connectivity index (χ3v) is 5.21. The number of carbonyl (C=O) groups excluding carboxylic acids is 3. The lowest BCUT2D eigenvalue weighted by Gasteiger charge is -2.28. The Hall–Kier alpha value is -2.34. The van der Waals surface area contributed by atoms with Gasteiger partial charge in [-0.25, -0.2) is 4.79 Å². The van der Waals surface area contributed by atoms with Crippen molar-refractivity contribution in [3.05, 3.63) is 0 Å². The van der Waals surface area contributed by atoms with E-state index in [1.165, 1.54) is 0 Å². The molecular weight excluding hydrogens is 428 g/mol. The number of amides is 3. The van der Waals surface area contributed by atoms with Crippen LogP contribution in [0.15, 0.2) is 0 Å². The zero-order valence-electron chi connectivity index (χ0n) is 18.3. The SMILES string of the molecule is CCC(C)C(NC(=O)C(NC(=O)C(CS)NC(=O)C(N)CCC(=O)O)C(C)C)C(=O)O. The van der Waals surface area contributed by atoms with Crippen LogP contribution in [-0.2, 0) is 24.0 Å². The molecule has 0 heterocycles. The maximum Gasteiger partial charge on any atom is 0.326 e. The Kier molecular flexibility index (Phi) is 12.8. The summed E-state index contributed by atoms with van der Waals surface area (Å²) >= 11 is 4.04. The van der Waals surface area contributed by atoms with E-state index in [9.17, 15) is 29.1 Å². The van der Waals surface area contributed by atoms with Crippen molar-refractivity contribution in [1.29, 1.82) is 0 Å². The van der Waals surface area contributed by atoms with Crippen LogP contribution in [-0.4, -0.2) is 69.8 Å². The van der Waals surface area contributed by atoms with E-state index in [-0.39, 0.29) is 30.4 Å². The van der Waals surface area contributed by atoms with Gasteiger partial charge in [-0.1, -0.05) is 34.1 Å². The number of carboxylic acid groups (broad SMARTS) is 2. The van der Waals surface area contributed by atoms with Crippen molar-refractivity contribution in [2.24, 2.45) is 17.6 Å². The van der Waals surface area contributed by atoms with E-state index >= 15 is 0 Å². The third kappa shape index (κ3) is 10.0. The molecule has 12 heteroatoms. The number of aliphatic carboxylic acids is 2. The molecule has 0 aliphatic heterocycles. The number of rotatable bonds is 14. The molecule has 5 atom stereocenters. The van der Waals surface area contributed by atoms with Gasteiger partial charge in [-0.2, -0.15) is 12.6 Å². The number of nitrogens with one attached hydrogen (secondary N) is 3. The Bertz CT molecular complexity index is 659. The molecule has 0 saturated heterocycles. The lowest BCUT2D eigenvalue weighted by Crippen LogP contribution is -2.59. The molecule has 0 aromatic rings. The summed E-state index contributed by atoms with van der Waals surface area (Å²) in [4.78, 5) is 59.5. The van der Waals surface area contributed by atoms with Gasteiger partial charge >= 0.3 is 11.9 Å². The highest BCUT2D eigenvalue weighted by molar-refractivity contribution is 7.80. The highest BCUT2D eigenvalue weighted by Gasteiger charge is 2.33. The molecule has 0 bridgehead atoms. The number of thiol groups is 1. The topological polar surface area (TPSA) is 188 Å². The van der Waals surface area contributed by atoms with Crippen LogP contribution in [0.3, 0.4) is 0 Å². The first-order chi connectivity index (χ1) is 14.3. The van der Waals surface area contributed by atoms with Crippen molar-refractivity contribution in [3.63, 3.8) is 0 Å². The number of carbonyl (C=O) groups is 5. The first kappa shape index (κ1) is 28.7. The quantitative estimate of drug-likeness (QED) is 0.166. The van der Waals surface area contributed by atoms with Gasteiger partial charge in [-0.05, 0) is 18.3 Å². The Morgan fingerprint density at radius 2 is 1.45 bits per heavy atom. The molecule has 178 valence electrons. The smallest absolute Gasteiger partial charge is 0.326 e. The first-order valence-electron chi connectivity index (χ1n) is 10.1. The molecule has 3 amide bonds. The molecule has 5 unspecified atom stereocenters. The van der Waals surface area contributed by atoms with Crippen molar-refractivity contribution < 1.29 is 34.2 Å². The summed E-state index contributed by atoms with van der Waals surface area (Å²) in [7, 11) is 0. The fourth-order valence-corrected chi connectivity index (χ4v) is 2.85. The summed E-state index contributed by atoms with van der Waals surface area (Å²) in [5.74, 6) is -5.13. The lowest BCUT2D eigenvalue weighted by molar-refractivity contribution is -0.144. The van der Waals surface area contributed by atoms with E-state index in [0.29, 0.717) is 6.42 Å². The first-order valence-corrected chi connectivity index (χ1v) is 10.7. The van der Waals surface area contributed by atoms with Crippen LogP contribution >= 0.6 is 12.6 Å². The Morgan fingerprint density at radius 3 is 1.87 bits per heavy atom. The van der Waals surface area contributed by atoms with E-state index in [1.807, 2.05) is 0 Å². The molecule has 0 aliphatic carbocycles. The van der Waals surface area contributed by atoms with Crippen molar-refractivity contribution in [2.45, 2.75) is 71.1 Å². The number of carboxylic acids is 2. The molecule has 0 aromatic carbocycles. The standard InChI is InChI=1S/C19H34N4O7S/c1-5-10(4)15(19(29)30)23-18(28)14(9(2)3)22-17(27)12(8-31)21-16(26)11(20)6-7-13(24)25/h9-12,14-15,31H,5-8,20H2,1-4H3,(H,21,26)(H,22,27)(H,23,28)(H,24,25)(H,29,30). The van der Waals surface area contributed by atoms with Crippen LogP contribution in [0.4, 0.5) is 0 Å². The van der Waals surface area contributed by atoms with Gasteiger partial charge in [-0.15, -0.1) is 0 Å². The monoisotopic (exact) mass is 462 g/mol. The highest BCUT2D eigenvalue weighted by Crippen LogP contribution is 2.10. The highest BCUT2D eigenvalue weighted by atomic mass is 32.1. The second kappa shape index (κ2) is 13.9. The van der Waals surface area contributed by atoms with Crippen LogP contribution in [0.2, 0.25) is 0 Å². The molecule has 0 aliphatic rings. The van der Waals surface area contributed by atoms with Gasteiger partial charge in [-0.3, -0.25) is 19.2 Å².